The molecule has 0 aromatic carbocycles. The number of aromatic nitrogens is 1. The molecule has 0 aliphatic carbocycles. The molecule has 120 valence electrons. The summed E-state index contributed by atoms with van der Waals surface area (Å²) in [6, 6.07) is 4.09. The van der Waals surface area contributed by atoms with Crippen LogP contribution in [0, 0.1) is 0 Å². The van der Waals surface area contributed by atoms with Crippen molar-refractivity contribution in [2.24, 2.45) is 12.0 Å². The van der Waals surface area contributed by atoms with Crippen molar-refractivity contribution in [3.05, 3.63) is 24.0 Å². The van der Waals surface area contributed by atoms with Gasteiger partial charge in [0, 0.05) is 45.3 Å². The molecule has 1 aromatic heterocycles. The smallest absolute Gasteiger partial charge is 0.194 e. The lowest BCUT2D eigenvalue weighted by Crippen LogP contribution is -2.39. The molecule has 0 unspecified atom stereocenters. The highest BCUT2D eigenvalue weighted by Gasteiger charge is 2.08. The molecule has 0 saturated heterocycles. The van der Waals surface area contributed by atoms with Gasteiger partial charge in [-0.25, -0.2) is 8.42 Å². The molecule has 0 aliphatic rings. The lowest BCUT2D eigenvalue weighted by Gasteiger charge is -2.22. The van der Waals surface area contributed by atoms with Gasteiger partial charge in [-0.1, -0.05) is 0 Å². The maximum Gasteiger partial charge on any atom is 0.194 e. The Kier molecular flexibility index (Phi) is 6.74. The van der Waals surface area contributed by atoms with Crippen LogP contribution in [0.4, 0.5) is 0 Å². The van der Waals surface area contributed by atoms with Crippen molar-refractivity contribution >= 4 is 15.8 Å². The summed E-state index contributed by atoms with van der Waals surface area (Å²) in [5.41, 5.74) is 1.19. The summed E-state index contributed by atoms with van der Waals surface area (Å²) in [6.45, 7) is 4.05. The molecule has 21 heavy (non-hydrogen) atoms. The molecule has 1 N–H and O–H groups in total. The Morgan fingerprint density at radius 3 is 2.71 bits per heavy atom. The molecule has 0 aliphatic heterocycles. The van der Waals surface area contributed by atoms with Gasteiger partial charge < -0.3 is 14.8 Å². The van der Waals surface area contributed by atoms with Crippen molar-refractivity contribution in [3.8, 4) is 0 Å². The van der Waals surface area contributed by atoms with E-state index in [1.165, 1.54) is 11.9 Å². The highest BCUT2D eigenvalue weighted by Crippen LogP contribution is 2.04. The minimum absolute atomic E-state index is 0.178. The van der Waals surface area contributed by atoms with E-state index < -0.39 is 9.84 Å². The van der Waals surface area contributed by atoms with Crippen LogP contribution in [0.15, 0.2) is 23.3 Å². The Morgan fingerprint density at radius 1 is 1.48 bits per heavy atom. The minimum atomic E-state index is -2.91. The second kappa shape index (κ2) is 8.07. The molecule has 0 fully saturated rings. The maximum atomic E-state index is 11.1. The quantitative estimate of drug-likeness (QED) is 0.460. The molecule has 0 spiro atoms. The third kappa shape index (κ3) is 6.66. The van der Waals surface area contributed by atoms with Crippen LogP contribution in [0.3, 0.4) is 0 Å². The first-order valence-electron chi connectivity index (χ1n) is 7.11. The average Bonchev–Trinajstić information content (AvgIpc) is 2.77. The van der Waals surface area contributed by atoms with E-state index in [-0.39, 0.29) is 5.75 Å². The van der Waals surface area contributed by atoms with E-state index in [0.29, 0.717) is 13.0 Å². The number of hydrogen-bond donors (Lipinski definition) is 1. The number of aryl methyl sites for hydroxylation is 1. The summed E-state index contributed by atoms with van der Waals surface area (Å²) in [7, 11) is 1.08. The highest BCUT2D eigenvalue weighted by atomic mass is 32.2. The fraction of sp³-hybridized carbons (Fsp3) is 0.643. The van der Waals surface area contributed by atoms with E-state index in [9.17, 15) is 8.42 Å². The summed E-state index contributed by atoms with van der Waals surface area (Å²) in [5.74, 6) is 0.976. The second-order valence-electron chi connectivity index (χ2n) is 5.19. The molecule has 1 heterocycles. The molecule has 0 bridgehead atoms. The molecule has 7 heteroatoms. The van der Waals surface area contributed by atoms with Gasteiger partial charge in [-0.05, 0) is 25.5 Å². The topological polar surface area (TPSA) is 66.7 Å². The zero-order valence-corrected chi connectivity index (χ0v) is 14.2. The molecular formula is C14H26N4O2S. The molecule has 1 aromatic rings. The molecule has 6 nitrogen and oxygen atoms in total. The fourth-order valence-electron chi connectivity index (χ4n) is 1.96. The normalized spacial score (nSPS) is 12.5. The van der Waals surface area contributed by atoms with Crippen LogP contribution in [-0.4, -0.2) is 56.0 Å². The number of nitrogens with one attached hydrogen (secondary N) is 1. The van der Waals surface area contributed by atoms with Crippen LogP contribution in [0.25, 0.3) is 0 Å². The first-order chi connectivity index (χ1) is 9.83. The van der Waals surface area contributed by atoms with Gasteiger partial charge in [-0.3, -0.25) is 4.99 Å². The van der Waals surface area contributed by atoms with E-state index in [1.807, 2.05) is 38.2 Å². The van der Waals surface area contributed by atoms with Crippen molar-refractivity contribution in [1.82, 2.24) is 14.8 Å². The van der Waals surface area contributed by atoms with Crippen molar-refractivity contribution in [2.75, 3.05) is 32.1 Å². The van der Waals surface area contributed by atoms with Crippen LogP contribution >= 0.6 is 0 Å². The molecule has 0 saturated carbocycles. The maximum absolute atomic E-state index is 11.1. The van der Waals surface area contributed by atoms with E-state index in [4.69, 9.17) is 0 Å². The Hall–Kier alpha value is -1.50. The van der Waals surface area contributed by atoms with Crippen LogP contribution in [0.5, 0.6) is 0 Å². The van der Waals surface area contributed by atoms with Crippen LogP contribution in [0.1, 0.15) is 19.0 Å². The Morgan fingerprint density at radius 2 is 2.19 bits per heavy atom. The zero-order valence-electron chi connectivity index (χ0n) is 13.3. The summed E-state index contributed by atoms with van der Waals surface area (Å²) >= 11 is 0. The zero-order chi connectivity index (χ0) is 15.9. The first kappa shape index (κ1) is 17.6. The molecule has 1 rings (SSSR count). The summed E-state index contributed by atoms with van der Waals surface area (Å²) < 4.78 is 24.3. The Balaban J connectivity index is 2.60. The molecule has 0 atom stereocenters. The van der Waals surface area contributed by atoms with Crippen molar-refractivity contribution in [2.45, 2.75) is 19.9 Å². The summed E-state index contributed by atoms with van der Waals surface area (Å²) in [6.07, 6.45) is 3.81. The number of guanidine groups is 1. The fourth-order valence-corrected chi connectivity index (χ4v) is 2.61. The third-order valence-electron chi connectivity index (χ3n) is 3.08. The number of aliphatic imine (C=N–C) groups is 1. The minimum Gasteiger partial charge on any atom is -0.357 e. The average molecular weight is 314 g/mol. The van der Waals surface area contributed by atoms with Gasteiger partial charge >= 0.3 is 0 Å². The second-order valence-corrected chi connectivity index (χ2v) is 7.45. The van der Waals surface area contributed by atoms with Gasteiger partial charge in [-0.2, -0.15) is 0 Å². The molecule has 0 amide bonds. The van der Waals surface area contributed by atoms with E-state index in [2.05, 4.69) is 20.9 Å². The van der Waals surface area contributed by atoms with Crippen molar-refractivity contribution in [1.29, 1.82) is 0 Å². The van der Waals surface area contributed by atoms with Gasteiger partial charge in [0.15, 0.2) is 5.96 Å². The summed E-state index contributed by atoms with van der Waals surface area (Å²) in [4.78, 5) is 6.53. The Labute approximate surface area is 127 Å². The van der Waals surface area contributed by atoms with Crippen molar-refractivity contribution in [3.63, 3.8) is 0 Å². The number of rotatable bonds is 7. The predicted molar refractivity (Wildman–Crippen MR) is 87.2 cm³/mol. The van der Waals surface area contributed by atoms with E-state index >= 15 is 0 Å². The number of sulfone groups is 1. The predicted octanol–water partition coefficient (Wildman–Crippen LogP) is 0.857. The number of nitrogens with zero attached hydrogens (tertiary/aromatic N) is 3. The molecule has 0 radical (unpaired) electrons. The lowest BCUT2D eigenvalue weighted by molar-refractivity contribution is 0.462. The summed E-state index contributed by atoms with van der Waals surface area (Å²) in [5, 5.41) is 3.23. The van der Waals surface area contributed by atoms with Crippen LogP contribution in [0.2, 0.25) is 0 Å². The standard InChI is InChI=1S/C14H26N4O2S/c1-5-15-14(16-9-7-11-21(4,19)20)18(3)12-13-8-6-10-17(13)2/h6,8,10H,5,7,9,11-12H2,1-4H3,(H,15,16). The number of hydrogen-bond acceptors (Lipinski definition) is 3. The first-order valence-corrected chi connectivity index (χ1v) is 9.17. The largest absolute Gasteiger partial charge is 0.357 e. The van der Waals surface area contributed by atoms with Gasteiger partial charge in [-0.15, -0.1) is 0 Å². The van der Waals surface area contributed by atoms with E-state index in [1.54, 1.807) is 0 Å². The monoisotopic (exact) mass is 314 g/mol. The molecular weight excluding hydrogens is 288 g/mol. The van der Waals surface area contributed by atoms with Gasteiger partial charge in [0.25, 0.3) is 0 Å². The lowest BCUT2D eigenvalue weighted by atomic mass is 10.4. The van der Waals surface area contributed by atoms with Crippen molar-refractivity contribution < 1.29 is 8.42 Å². The van der Waals surface area contributed by atoms with Crippen LogP contribution in [-0.2, 0) is 23.4 Å². The van der Waals surface area contributed by atoms with Gasteiger partial charge in [0.05, 0.1) is 12.3 Å². The van der Waals surface area contributed by atoms with Gasteiger partial charge in [0.1, 0.15) is 9.84 Å². The van der Waals surface area contributed by atoms with Crippen LogP contribution < -0.4 is 5.32 Å². The Bertz CT molecular complexity index is 563. The van der Waals surface area contributed by atoms with E-state index in [0.717, 1.165) is 19.0 Å². The third-order valence-corrected chi connectivity index (χ3v) is 4.11. The SMILES string of the molecule is CCNC(=NCCCS(C)(=O)=O)N(C)Cc1cccn1C. The highest BCUT2D eigenvalue weighted by molar-refractivity contribution is 7.90. The van der Waals surface area contributed by atoms with Gasteiger partial charge in [0.2, 0.25) is 0 Å².